The predicted molar refractivity (Wildman–Crippen MR) is 81.9 cm³/mol. The molecule has 0 amide bonds. The fraction of sp³-hybridized carbons (Fsp3) is 0.235. The van der Waals surface area contributed by atoms with Gasteiger partial charge in [-0.05, 0) is 29.8 Å². The molecule has 0 aromatic heterocycles. The second-order valence-electron chi connectivity index (χ2n) is 4.50. The molecule has 116 valence electrons. The molecule has 0 spiro atoms. The lowest BCUT2D eigenvalue weighted by molar-refractivity contribution is -0.133. The van der Waals surface area contributed by atoms with Gasteiger partial charge >= 0.3 is 5.97 Å². The molecule has 0 radical (unpaired) electrons. The van der Waals surface area contributed by atoms with Gasteiger partial charge < -0.3 is 18.9 Å². The van der Waals surface area contributed by atoms with Crippen LogP contribution in [0, 0.1) is 0 Å². The molecule has 2 rings (SSSR count). The summed E-state index contributed by atoms with van der Waals surface area (Å²) >= 11 is 0. The molecule has 0 unspecified atom stereocenters. The predicted octanol–water partition coefficient (Wildman–Crippen LogP) is 2.86. The van der Waals surface area contributed by atoms with Crippen molar-refractivity contribution in [1.82, 2.24) is 0 Å². The molecule has 0 aliphatic carbocycles. The molecule has 0 atom stereocenters. The molecule has 22 heavy (non-hydrogen) atoms. The Morgan fingerprint density at radius 2 is 1.50 bits per heavy atom. The summed E-state index contributed by atoms with van der Waals surface area (Å²) < 4.78 is 21.0. The van der Waals surface area contributed by atoms with E-state index in [-0.39, 0.29) is 12.4 Å². The van der Waals surface area contributed by atoms with Crippen LogP contribution in [0.25, 0.3) is 0 Å². The molecule has 0 aliphatic rings. The van der Waals surface area contributed by atoms with Gasteiger partial charge in [-0.2, -0.15) is 0 Å². The Labute approximate surface area is 129 Å². The van der Waals surface area contributed by atoms with Crippen LogP contribution in [0.5, 0.6) is 23.0 Å². The molecule has 2 aromatic rings. The van der Waals surface area contributed by atoms with Crippen LogP contribution < -0.4 is 18.9 Å². The van der Waals surface area contributed by atoms with Crippen LogP contribution in [0.1, 0.15) is 5.56 Å². The van der Waals surface area contributed by atoms with E-state index < -0.39 is 0 Å². The van der Waals surface area contributed by atoms with Crippen LogP contribution in [0.4, 0.5) is 0 Å². The maximum Gasteiger partial charge on any atom is 0.315 e. The van der Waals surface area contributed by atoms with Crippen LogP contribution in [0.3, 0.4) is 0 Å². The smallest absolute Gasteiger partial charge is 0.315 e. The van der Waals surface area contributed by atoms with E-state index in [1.165, 1.54) is 21.3 Å². The summed E-state index contributed by atoms with van der Waals surface area (Å²) in [6, 6.07) is 12.4. The Bertz CT molecular complexity index is 612. The van der Waals surface area contributed by atoms with Crippen LogP contribution >= 0.6 is 0 Å². The van der Waals surface area contributed by atoms with Crippen molar-refractivity contribution in [2.24, 2.45) is 0 Å². The highest BCUT2D eigenvalue weighted by Crippen LogP contribution is 2.38. The molecule has 2 aromatic carbocycles. The average Bonchev–Trinajstić information content (AvgIpc) is 2.54. The summed E-state index contributed by atoms with van der Waals surface area (Å²) in [6.45, 7) is 0. The number of rotatable bonds is 6. The van der Waals surface area contributed by atoms with Crippen LogP contribution in [-0.4, -0.2) is 27.3 Å². The summed E-state index contributed by atoms with van der Waals surface area (Å²) in [7, 11) is 4.59. The summed E-state index contributed by atoms with van der Waals surface area (Å²) in [4.78, 5) is 12.0. The minimum Gasteiger partial charge on any atom is -0.493 e. The van der Waals surface area contributed by atoms with E-state index in [1.54, 1.807) is 24.3 Å². The number of ether oxygens (including phenoxy) is 4. The van der Waals surface area contributed by atoms with E-state index in [2.05, 4.69) is 0 Å². The van der Waals surface area contributed by atoms with Crippen LogP contribution in [0.2, 0.25) is 0 Å². The third-order valence-electron chi connectivity index (χ3n) is 3.05. The molecular weight excluding hydrogens is 284 g/mol. The minimum atomic E-state index is -0.361. The largest absolute Gasteiger partial charge is 0.493 e. The lowest BCUT2D eigenvalue weighted by atomic mass is 10.1. The maximum absolute atomic E-state index is 12.0. The molecule has 0 saturated heterocycles. The second-order valence-corrected chi connectivity index (χ2v) is 4.50. The average molecular weight is 302 g/mol. The van der Waals surface area contributed by atoms with Gasteiger partial charge in [-0.15, -0.1) is 0 Å². The lowest BCUT2D eigenvalue weighted by Gasteiger charge is -2.14. The summed E-state index contributed by atoms with van der Waals surface area (Å²) in [5.74, 6) is 1.65. The highest BCUT2D eigenvalue weighted by Gasteiger charge is 2.15. The van der Waals surface area contributed by atoms with E-state index in [0.717, 1.165) is 5.56 Å². The van der Waals surface area contributed by atoms with Crippen molar-refractivity contribution in [3.63, 3.8) is 0 Å². The Balaban J connectivity index is 2.17. The summed E-state index contributed by atoms with van der Waals surface area (Å²) in [5.41, 5.74) is 0.718. The van der Waals surface area contributed by atoms with Gasteiger partial charge in [0.25, 0.3) is 0 Å². The highest BCUT2D eigenvalue weighted by molar-refractivity contribution is 5.76. The summed E-state index contributed by atoms with van der Waals surface area (Å²) in [5, 5.41) is 0. The van der Waals surface area contributed by atoms with Crippen molar-refractivity contribution in [3.8, 4) is 23.0 Å². The maximum atomic E-state index is 12.0. The molecule has 0 heterocycles. The third kappa shape index (κ3) is 3.69. The fourth-order valence-corrected chi connectivity index (χ4v) is 2.06. The van der Waals surface area contributed by atoms with Gasteiger partial charge in [0.2, 0.25) is 5.75 Å². The fourth-order valence-electron chi connectivity index (χ4n) is 2.06. The zero-order valence-electron chi connectivity index (χ0n) is 12.8. The van der Waals surface area contributed by atoms with Gasteiger partial charge in [0.05, 0.1) is 27.8 Å². The number of esters is 1. The zero-order valence-corrected chi connectivity index (χ0v) is 12.8. The van der Waals surface area contributed by atoms with Gasteiger partial charge in [0.15, 0.2) is 11.5 Å². The molecule has 5 heteroatoms. The molecule has 0 aliphatic heterocycles. The van der Waals surface area contributed by atoms with Crippen molar-refractivity contribution in [3.05, 3.63) is 48.0 Å². The summed E-state index contributed by atoms with van der Waals surface area (Å²) in [6.07, 6.45) is 0.103. The van der Waals surface area contributed by atoms with Gasteiger partial charge in [-0.25, -0.2) is 0 Å². The number of methoxy groups -OCH3 is 3. The Morgan fingerprint density at radius 1 is 0.909 bits per heavy atom. The number of para-hydroxylation sites is 1. The molecular formula is C17H18O5. The number of hydrogen-bond acceptors (Lipinski definition) is 5. The minimum absolute atomic E-state index is 0.103. The van der Waals surface area contributed by atoms with Gasteiger partial charge in [-0.1, -0.05) is 18.2 Å². The SMILES string of the molecule is COc1cc(CC(=O)Oc2ccccc2)cc(OC)c1OC. The Hall–Kier alpha value is -2.69. The number of hydrogen-bond donors (Lipinski definition) is 0. The van der Waals surface area contributed by atoms with E-state index in [0.29, 0.717) is 23.0 Å². The van der Waals surface area contributed by atoms with Crippen molar-refractivity contribution in [2.45, 2.75) is 6.42 Å². The van der Waals surface area contributed by atoms with Crippen molar-refractivity contribution in [2.75, 3.05) is 21.3 Å². The number of benzene rings is 2. The van der Waals surface area contributed by atoms with Gasteiger partial charge in [-0.3, -0.25) is 4.79 Å². The van der Waals surface area contributed by atoms with Crippen LogP contribution in [0.15, 0.2) is 42.5 Å². The first-order chi connectivity index (χ1) is 10.7. The quantitative estimate of drug-likeness (QED) is 0.606. The van der Waals surface area contributed by atoms with E-state index in [1.807, 2.05) is 18.2 Å². The topological polar surface area (TPSA) is 54.0 Å². The molecule has 0 N–H and O–H groups in total. The van der Waals surface area contributed by atoms with E-state index in [9.17, 15) is 4.79 Å². The lowest BCUT2D eigenvalue weighted by Crippen LogP contribution is -2.11. The van der Waals surface area contributed by atoms with Crippen molar-refractivity contribution >= 4 is 5.97 Å². The molecule has 0 bridgehead atoms. The Kier molecular flexibility index (Phi) is 5.25. The second kappa shape index (κ2) is 7.36. The number of carbonyl (C=O) groups is 1. The first-order valence-corrected chi connectivity index (χ1v) is 6.72. The van der Waals surface area contributed by atoms with E-state index >= 15 is 0 Å². The standard InChI is InChI=1S/C17H18O5/c1-19-14-9-12(10-15(20-2)17(14)21-3)11-16(18)22-13-7-5-4-6-8-13/h4-10H,11H2,1-3H3. The first-order valence-electron chi connectivity index (χ1n) is 6.72. The third-order valence-corrected chi connectivity index (χ3v) is 3.05. The van der Waals surface area contributed by atoms with Crippen molar-refractivity contribution < 1.29 is 23.7 Å². The van der Waals surface area contributed by atoms with Gasteiger partial charge in [0.1, 0.15) is 5.75 Å². The highest BCUT2D eigenvalue weighted by atomic mass is 16.5. The monoisotopic (exact) mass is 302 g/mol. The Morgan fingerprint density at radius 3 is 2.00 bits per heavy atom. The molecule has 0 fully saturated rings. The van der Waals surface area contributed by atoms with Crippen molar-refractivity contribution in [1.29, 1.82) is 0 Å². The zero-order chi connectivity index (χ0) is 15.9. The van der Waals surface area contributed by atoms with E-state index in [4.69, 9.17) is 18.9 Å². The van der Waals surface area contributed by atoms with Gasteiger partial charge in [0, 0.05) is 0 Å². The number of carbonyl (C=O) groups excluding carboxylic acids is 1. The normalized spacial score (nSPS) is 9.95. The molecule has 0 saturated carbocycles. The first kappa shape index (κ1) is 15.7. The molecule has 5 nitrogen and oxygen atoms in total. The van der Waals surface area contributed by atoms with Crippen LogP contribution in [-0.2, 0) is 11.2 Å².